The van der Waals surface area contributed by atoms with Crippen LogP contribution < -0.4 is 15.8 Å². The predicted molar refractivity (Wildman–Crippen MR) is 96.0 cm³/mol. The smallest absolute Gasteiger partial charge is 0.237 e. The van der Waals surface area contributed by atoms with Crippen LogP contribution in [-0.2, 0) is 9.53 Å². The number of nitrogens with two attached hydrogens (primary N) is 1. The van der Waals surface area contributed by atoms with Crippen molar-refractivity contribution in [3.63, 3.8) is 0 Å². The Balaban J connectivity index is 0.00000264. The maximum atomic E-state index is 12.1. The van der Waals surface area contributed by atoms with Gasteiger partial charge in [-0.1, -0.05) is 22.0 Å². The second-order valence-corrected chi connectivity index (χ2v) is 6.52. The minimum absolute atomic E-state index is 0. The van der Waals surface area contributed by atoms with Gasteiger partial charge in [-0.05, 0) is 43.9 Å². The Morgan fingerprint density at radius 1 is 1.48 bits per heavy atom. The van der Waals surface area contributed by atoms with Crippen LogP contribution >= 0.6 is 28.3 Å². The van der Waals surface area contributed by atoms with Crippen molar-refractivity contribution in [2.45, 2.75) is 31.9 Å². The van der Waals surface area contributed by atoms with Crippen LogP contribution in [-0.4, -0.2) is 37.8 Å². The predicted octanol–water partition coefficient (Wildman–Crippen LogP) is 2.51. The molecule has 5 nitrogen and oxygen atoms in total. The third-order valence-electron chi connectivity index (χ3n) is 3.77. The van der Waals surface area contributed by atoms with E-state index in [1.54, 1.807) is 0 Å². The Labute approximate surface area is 151 Å². The second kappa shape index (κ2) is 10.1. The number of hydrogen-bond acceptors (Lipinski definition) is 4. The van der Waals surface area contributed by atoms with Gasteiger partial charge in [0.1, 0.15) is 11.9 Å². The number of amides is 1. The first-order valence-electron chi connectivity index (χ1n) is 7.59. The number of nitrogens with one attached hydrogen (secondary N) is 1. The molecular formula is C16H24BrClN2O3. The molecule has 0 aliphatic carbocycles. The summed E-state index contributed by atoms with van der Waals surface area (Å²) in [6, 6.07) is 7.16. The maximum Gasteiger partial charge on any atom is 0.237 e. The average Bonchev–Trinajstić information content (AvgIpc) is 2.52. The third-order valence-corrected chi connectivity index (χ3v) is 4.27. The number of benzene rings is 1. The summed E-state index contributed by atoms with van der Waals surface area (Å²) in [7, 11) is 0. The summed E-state index contributed by atoms with van der Waals surface area (Å²) in [6.07, 6.45) is 1.57. The molecule has 1 aromatic carbocycles. The van der Waals surface area contributed by atoms with E-state index in [1.807, 2.05) is 31.2 Å². The molecule has 2 rings (SSSR count). The Morgan fingerprint density at radius 2 is 2.17 bits per heavy atom. The number of halogens is 2. The highest BCUT2D eigenvalue weighted by Crippen LogP contribution is 2.19. The highest BCUT2D eigenvalue weighted by molar-refractivity contribution is 9.10. The molecule has 0 aromatic heterocycles. The molecule has 1 aromatic rings. The van der Waals surface area contributed by atoms with E-state index in [-0.39, 0.29) is 30.3 Å². The quantitative estimate of drug-likeness (QED) is 0.760. The lowest BCUT2D eigenvalue weighted by Crippen LogP contribution is -2.48. The average molecular weight is 408 g/mol. The van der Waals surface area contributed by atoms with Crippen molar-refractivity contribution >= 4 is 34.2 Å². The topological polar surface area (TPSA) is 73.6 Å². The molecule has 2 atom stereocenters. The van der Waals surface area contributed by atoms with Crippen molar-refractivity contribution in [3.05, 3.63) is 28.7 Å². The number of rotatable bonds is 6. The zero-order valence-electron chi connectivity index (χ0n) is 13.2. The summed E-state index contributed by atoms with van der Waals surface area (Å²) in [5.41, 5.74) is 6.04. The largest absolute Gasteiger partial charge is 0.489 e. The number of ether oxygens (including phenoxy) is 2. The van der Waals surface area contributed by atoms with E-state index in [4.69, 9.17) is 15.2 Å². The van der Waals surface area contributed by atoms with E-state index in [0.717, 1.165) is 23.1 Å². The molecule has 7 heteroatoms. The number of carbonyl (C=O) groups excluding carboxylic acids is 1. The fraction of sp³-hybridized carbons (Fsp3) is 0.562. The minimum atomic E-state index is -0.470. The Bertz CT molecular complexity index is 498. The first kappa shape index (κ1) is 20.2. The summed E-state index contributed by atoms with van der Waals surface area (Å²) >= 11 is 3.40. The van der Waals surface area contributed by atoms with Gasteiger partial charge in [0.05, 0.1) is 12.6 Å². The van der Waals surface area contributed by atoms with Crippen LogP contribution in [0.4, 0.5) is 0 Å². The molecule has 23 heavy (non-hydrogen) atoms. The number of carbonyl (C=O) groups is 1. The SMILES string of the molecule is CC(CNC(=O)C(N)C1CCOCC1)Oc1cccc(Br)c1.Cl. The maximum absolute atomic E-state index is 12.1. The van der Waals surface area contributed by atoms with Crippen molar-refractivity contribution in [1.82, 2.24) is 5.32 Å². The second-order valence-electron chi connectivity index (χ2n) is 5.61. The zero-order chi connectivity index (χ0) is 15.9. The standard InChI is InChI=1S/C16H23BrN2O3.ClH/c1-11(22-14-4-2-3-13(17)9-14)10-19-16(20)15(18)12-5-7-21-8-6-12;/h2-4,9,11-12,15H,5-8,10,18H2,1H3,(H,19,20);1H. The molecule has 1 aliphatic rings. The molecule has 2 unspecified atom stereocenters. The van der Waals surface area contributed by atoms with Crippen molar-refractivity contribution in [1.29, 1.82) is 0 Å². The van der Waals surface area contributed by atoms with Crippen molar-refractivity contribution in [3.8, 4) is 5.75 Å². The van der Waals surface area contributed by atoms with Gasteiger partial charge in [-0.15, -0.1) is 12.4 Å². The van der Waals surface area contributed by atoms with Gasteiger partial charge < -0.3 is 20.5 Å². The highest BCUT2D eigenvalue weighted by atomic mass is 79.9. The summed E-state index contributed by atoms with van der Waals surface area (Å²) < 4.78 is 12.0. The molecule has 0 radical (unpaired) electrons. The molecule has 0 bridgehead atoms. The van der Waals surface area contributed by atoms with Gasteiger partial charge in [-0.2, -0.15) is 0 Å². The Morgan fingerprint density at radius 3 is 2.83 bits per heavy atom. The van der Waals surface area contributed by atoms with Crippen LogP contribution in [0.2, 0.25) is 0 Å². The van der Waals surface area contributed by atoms with Crippen molar-refractivity contribution in [2.75, 3.05) is 19.8 Å². The molecule has 1 fully saturated rings. The normalized spacial score (nSPS) is 17.7. The summed E-state index contributed by atoms with van der Waals surface area (Å²) in [6.45, 7) is 3.73. The van der Waals surface area contributed by atoms with Gasteiger partial charge in [-0.3, -0.25) is 4.79 Å². The van der Waals surface area contributed by atoms with Crippen molar-refractivity contribution in [2.24, 2.45) is 11.7 Å². The Hall–Kier alpha value is -0.820. The van der Waals surface area contributed by atoms with E-state index in [0.29, 0.717) is 19.8 Å². The Kier molecular flexibility index (Phi) is 8.91. The van der Waals surface area contributed by atoms with Gasteiger partial charge in [0.25, 0.3) is 0 Å². The lowest BCUT2D eigenvalue weighted by molar-refractivity contribution is -0.124. The third kappa shape index (κ3) is 6.67. The molecule has 0 spiro atoms. The van der Waals surface area contributed by atoms with Crippen LogP contribution in [0, 0.1) is 5.92 Å². The lowest BCUT2D eigenvalue weighted by Gasteiger charge is -2.27. The van der Waals surface area contributed by atoms with Gasteiger partial charge in [0.15, 0.2) is 0 Å². The zero-order valence-corrected chi connectivity index (χ0v) is 15.6. The first-order valence-corrected chi connectivity index (χ1v) is 8.39. The van der Waals surface area contributed by atoms with Crippen molar-refractivity contribution < 1.29 is 14.3 Å². The monoisotopic (exact) mass is 406 g/mol. The molecule has 3 N–H and O–H groups in total. The van der Waals surface area contributed by atoms with Crippen LogP contribution in [0.1, 0.15) is 19.8 Å². The van der Waals surface area contributed by atoms with Crippen LogP contribution in [0.3, 0.4) is 0 Å². The van der Waals surface area contributed by atoms with E-state index < -0.39 is 6.04 Å². The highest BCUT2D eigenvalue weighted by Gasteiger charge is 2.26. The molecule has 1 saturated heterocycles. The van der Waals surface area contributed by atoms with E-state index in [2.05, 4.69) is 21.2 Å². The summed E-state index contributed by atoms with van der Waals surface area (Å²) in [5.74, 6) is 0.858. The number of hydrogen-bond donors (Lipinski definition) is 2. The summed E-state index contributed by atoms with van der Waals surface area (Å²) in [4.78, 5) is 12.1. The van der Waals surface area contributed by atoms with Gasteiger partial charge in [-0.25, -0.2) is 0 Å². The van der Waals surface area contributed by atoms with Gasteiger partial charge >= 0.3 is 0 Å². The molecular weight excluding hydrogens is 384 g/mol. The van der Waals surface area contributed by atoms with E-state index in [1.165, 1.54) is 0 Å². The van der Waals surface area contributed by atoms with Crippen LogP contribution in [0.15, 0.2) is 28.7 Å². The minimum Gasteiger partial charge on any atom is -0.489 e. The fourth-order valence-electron chi connectivity index (χ4n) is 2.47. The fourth-order valence-corrected chi connectivity index (χ4v) is 2.84. The molecule has 1 aliphatic heterocycles. The van der Waals surface area contributed by atoms with Crippen LogP contribution in [0.25, 0.3) is 0 Å². The lowest BCUT2D eigenvalue weighted by atomic mass is 9.92. The van der Waals surface area contributed by atoms with Gasteiger partial charge in [0, 0.05) is 17.7 Å². The van der Waals surface area contributed by atoms with Crippen LogP contribution in [0.5, 0.6) is 5.75 Å². The van der Waals surface area contributed by atoms with E-state index in [9.17, 15) is 4.79 Å². The molecule has 1 heterocycles. The van der Waals surface area contributed by atoms with E-state index >= 15 is 0 Å². The summed E-state index contributed by atoms with van der Waals surface area (Å²) in [5, 5.41) is 2.87. The first-order chi connectivity index (χ1) is 10.6. The van der Waals surface area contributed by atoms with Gasteiger partial charge in [0.2, 0.25) is 5.91 Å². The molecule has 0 saturated carbocycles. The molecule has 1 amide bonds. The molecule has 130 valence electrons.